The first-order valence-corrected chi connectivity index (χ1v) is 7.64. The minimum Gasteiger partial charge on any atom is -0.479 e. The summed E-state index contributed by atoms with van der Waals surface area (Å²) in [6.45, 7) is -0.153. The van der Waals surface area contributed by atoms with Gasteiger partial charge in [-0.3, -0.25) is 9.59 Å². The van der Waals surface area contributed by atoms with E-state index in [-0.39, 0.29) is 17.5 Å². The van der Waals surface area contributed by atoms with Crippen LogP contribution in [0.2, 0.25) is 5.02 Å². The van der Waals surface area contributed by atoms with Crippen LogP contribution in [0.15, 0.2) is 24.3 Å². The molecule has 0 aromatic heterocycles. The fourth-order valence-corrected chi connectivity index (χ4v) is 3.05. The highest BCUT2D eigenvalue weighted by atomic mass is 35.5. The third-order valence-electron chi connectivity index (χ3n) is 2.93. The second kappa shape index (κ2) is 6.82. The Morgan fingerprint density at radius 3 is 2.71 bits per heavy atom. The fraction of sp³-hybridized carbons (Fsp3) is 0.308. The van der Waals surface area contributed by atoms with Crippen molar-refractivity contribution in [2.24, 2.45) is 0 Å². The van der Waals surface area contributed by atoms with Crippen molar-refractivity contribution in [2.45, 2.75) is 6.04 Å². The molecule has 1 aliphatic rings. The largest absolute Gasteiger partial charge is 0.479 e. The smallest absolute Gasteiger partial charge is 0.330 e. The number of nitrogens with one attached hydrogen (secondary N) is 1. The number of thioether (sulfide) groups is 1. The summed E-state index contributed by atoms with van der Waals surface area (Å²) < 4.78 is 0. The lowest BCUT2D eigenvalue weighted by Gasteiger charge is -2.19. The van der Waals surface area contributed by atoms with Gasteiger partial charge in [0.05, 0.1) is 11.6 Å². The van der Waals surface area contributed by atoms with Crippen LogP contribution >= 0.6 is 23.4 Å². The first kappa shape index (κ1) is 15.7. The molecule has 21 heavy (non-hydrogen) atoms. The van der Waals surface area contributed by atoms with Crippen molar-refractivity contribution >= 4 is 41.1 Å². The number of benzene rings is 1. The van der Waals surface area contributed by atoms with Crippen LogP contribution in [0.1, 0.15) is 11.6 Å². The van der Waals surface area contributed by atoms with Gasteiger partial charge in [-0.15, -0.1) is 11.8 Å². The molecule has 2 rings (SSSR count). The fourth-order valence-electron chi connectivity index (χ4n) is 1.90. The summed E-state index contributed by atoms with van der Waals surface area (Å²) in [5.74, 6) is -1.08. The second-order valence-electron chi connectivity index (χ2n) is 4.43. The van der Waals surface area contributed by atoms with Crippen molar-refractivity contribution in [1.29, 1.82) is 0 Å². The molecule has 6 nitrogen and oxygen atoms in total. The maximum absolute atomic E-state index is 11.9. The zero-order valence-corrected chi connectivity index (χ0v) is 12.5. The topological polar surface area (TPSA) is 86.7 Å². The molecule has 0 saturated carbocycles. The molecule has 1 aromatic rings. The van der Waals surface area contributed by atoms with E-state index in [1.807, 2.05) is 0 Å². The summed E-state index contributed by atoms with van der Waals surface area (Å²) in [5.41, 5.74) is 0.308. The molecule has 1 aliphatic heterocycles. The Balaban J connectivity index is 2.06. The summed E-state index contributed by atoms with van der Waals surface area (Å²) in [6, 6.07) is 5.17. The van der Waals surface area contributed by atoms with Gasteiger partial charge in [-0.2, -0.15) is 0 Å². The molecule has 2 N–H and O–H groups in total. The summed E-state index contributed by atoms with van der Waals surface area (Å²) in [5, 5.41) is 11.9. The third kappa shape index (κ3) is 3.89. The Hall–Kier alpha value is -1.73. The number of carboxylic acids is 1. The van der Waals surface area contributed by atoms with Gasteiger partial charge >= 0.3 is 5.97 Å². The lowest BCUT2D eigenvalue weighted by molar-refractivity contribution is -0.142. The van der Waals surface area contributed by atoms with Crippen LogP contribution in [-0.4, -0.2) is 46.0 Å². The van der Waals surface area contributed by atoms with Crippen LogP contribution in [0.4, 0.5) is 0 Å². The molecule has 0 bridgehead atoms. The number of carboxylic acid groups (broad SMARTS) is 1. The number of carbonyl (C=O) groups excluding carboxylic acids is 2. The van der Waals surface area contributed by atoms with E-state index in [9.17, 15) is 19.5 Å². The molecular formula is C13H13ClN2O4S. The first-order chi connectivity index (χ1) is 9.99. The van der Waals surface area contributed by atoms with E-state index in [1.54, 1.807) is 18.2 Å². The van der Waals surface area contributed by atoms with Gasteiger partial charge in [-0.05, 0) is 6.07 Å². The number of rotatable bonds is 5. The molecule has 1 fully saturated rings. The van der Waals surface area contributed by atoms with Crippen LogP contribution in [0.25, 0.3) is 0 Å². The Kier molecular flexibility index (Phi) is 5.08. The molecule has 112 valence electrons. The van der Waals surface area contributed by atoms with Gasteiger partial charge in [0, 0.05) is 10.6 Å². The van der Waals surface area contributed by atoms with Gasteiger partial charge in [-0.25, -0.2) is 4.79 Å². The van der Waals surface area contributed by atoms with E-state index >= 15 is 0 Å². The molecule has 0 aliphatic carbocycles. The Labute approximate surface area is 130 Å². The van der Waals surface area contributed by atoms with Crippen molar-refractivity contribution < 1.29 is 19.5 Å². The van der Waals surface area contributed by atoms with Crippen LogP contribution in [0.3, 0.4) is 0 Å². The number of nitrogens with zero attached hydrogens (tertiary/aromatic N) is 1. The number of halogens is 1. The number of amides is 2. The highest BCUT2D eigenvalue weighted by molar-refractivity contribution is 8.00. The average molecular weight is 329 g/mol. The molecule has 0 spiro atoms. The van der Waals surface area contributed by atoms with Crippen LogP contribution in [0.5, 0.6) is 0 Å². The van der Waals surface area contributed by atoms with Gasteiger partial charge in [0.2, 0.25) is 11.8 Å². The van der Waals surface area contributed by atoms with Crippen molar-refractivity contribution in [1.82, 2.24) is 10.2 Å². The van der Waals surface area contributed by atoms with Crippen LogP contribution in [0, 0.1) is 0 Å². The zero-order chi connectivity index (χ0) is 15.4. The van der Waals surface area contributed by atoms with E-state index in [4.69, 9.17) is 11.6 Å². The lowest BCUT2D eigenvalue weighted by Crippen LogP contribution is -2.41. The number of aliphatic carboxylic acids is 1. The number of carbonyl (C=O) groups is 3. The number of hydrogen-bond donors (Lipinski definition) is 2. The lowest BCUT2D eigenvalue weighted by atomic mass is 10.1. The van der Waals surface area contributed by atoms with Gasteiger partial charge in [0.15, 0.2) is 6.04 Å². The van der Waals surface area contributed by atoms with Gasteiger partial charge in [0.25, 0.3) is 0 Å². The summed E-state index contributed by atoms with van der Waals surface area (Å²) in [7, 11) is 0. The quantitative estimate of drug-likeness (QED) is 0.845. The van der Waals surface area contributed by atoms with Crippen molar-refractivity contribution in [3.8, 4) is 0 Å². The monoisotopic (exact) mass is 328 g/mol. The first-order valence-electron chi connectivity index (χ1n) is 6.11. The Bertz CT molecular complexity index is 581. The Morgan fingerprint density at radius 2 is 2.14 bits per heavy atom. The Morgan fingerprint density at radius 1 is 1.43 bits per heavy atom. The van der Waals surface area contributed by atoms with E-state index in [2.05, 4.69) is 5.32 Å². The summed E-state index contributed by atoms with van der Waals surface area (Å²) in [6.07, 6.45) is 0. The molecule has 0 radical (unpaired) electrons. The highest BCUT2D eigenvalue weighted by Gasteiger charge is 2.27. The van der Waals surface area contributed by atoms with Crippen molar-refractivity contribution in [3.05, 3.63) is 34.9 Å². The third-order valence-corrected chi connectivity index (χ3v) is 4.22. The van der Waals surface area contributed by atoms with Crippen molar-refractivity contribution in [3.63, 3.8) is 0 Å². The van der Waals surface area contributed by atoms with Gasteiger partial charge in [0.1, 0.15) is 6.54 Å². The maximum Gasteiger partial charge on any atom is 0.330 e. The van der Waals surface area contributed by atoms with E-state index < -0.39 is 17.9 Å². The van der Waals surface area contributed by atoms with E-state index in [1.165, 1.54) is 22.7 Å². The van der Waals surface area contributed by atoms with Gasteiger partial charge < -0.3 is 15.3 Å². The standard InChI is InChI=1S/C13H13ClN2O4S/c14-9-4-2-1-3-8(9)12(13(19)20)15-10(17)5-16-7-21-6-11(16)18/h1-4,12H,5-7H2,(H,15,17)(H,19,20)/t12-/m1/s1. The molecule has 1 atom stereocenters. The predicted octanol–water partition coefficient (Wildman–Crippen LogP) is 1.11. The van der Waals surface area contributed by atoms with Gasteiger partial charge in [-0.1, -0.05) is 29.8 Å². The minimum absolute atomic E-state index is 0.125. The number of hydrogen-bond acceptors (Lipinski definition) is 4. The van der Waals surface area contributed by atoms with Crippen molar-refractivity contribution in [2.75, 3.05) is 18.2 Å². The predicted molar refractivity (Wildman–Crippen MR) is 79.0 cm³/mol. The van der Waals surface area contributed by atoms with E-state index in [0.717, 1.165) is 0 Å². The molecule has 8 heteroatoms. The molecule has 1 heterocycles. The average Bonchev–Trinajstić information content (AvgIpc) is 2.82. The van der Waals surface area contributed by atoms with E-state index in [0.29, 0.717) is 17.2 Å². The normalized spacial score (nSPS) is 15.9. The highest BCUT2D eigenvalue weighted by Crippen LogP contribution is 2.23. The van der Waals surface area contributed by atoms with Crippen LogP contribution < -0.4 is 5.32 Å². The summed E-state index contributed by atoms with van der Waals surface area (Å²) in [4.78, 5) is 36.1. The molecule has 2 amide bonds. The van der Waals surface area contributed by atoms with Crippen LogP contribution in [-0.2, 0) is 14.4 Å². The SMILES string of the molecule is O=C(CN1CSCC1=O)N[C@@H](C(=O)O)c1ccccc1Cl. The second-order valence-corrected chi connectivity index (χ2v) is 5.79. The molecule has 1 saturated heterocycles. The molecule has 0 unspecified atom stereocenters. The zero-order valence-electron chi connectivity index (χ0n) is 10.9. The molecule has 1 aromatic carbocycles. The molecular weight excluding hydrogens is 316 g/mol. The maximum atomic E-state index is 11.9. The summed E-state index contributed by atoms with van der Waals surface area (Å²) >= 11 is 7.37. The minimum atomic E-state index is -1.24.